The number of hydrogen-bond donors (Lipinski definition) is 0. The second-order valence-corrected chi connectivity index (χ2v) is 4.65. The number of carbonyl (C=O) groups excluding carboxylic acids is 1. The van der Waals surface area contributed by atoms with Crippen LogP contribution in [0.15, 0.2) is 32.7 Å². The van der Waals surface area contributed by atoms with Crippen molar-refractivity contribution in [1.29, 1.82) is 0 Å². The highest BCUT2D eigenvalue weighted by Crippen LogP contribution is 2.28. The minimum atomic E-state index is -0.120. The van der Waals surface area contributed by atoms with Crippen LogP contribution in [0.4, 0.5) is 0 Å². The number of carbonyl (C=O) groups is 1. The van der Waals surface area contributed by atoms with Gasteiger partial charge in [0, 0.05) is 4.47 Å². The van der Waals surface area contributed by atoms with Crippen molar-refractivity contribution < 1.29 is 9.21 Å². The average molecular weight is 292 g/mol. The number of hydrogen-bond acceptors (Lipinski definition) is 3. The van der Waals surface area contributed by atoms with Gasteiger partial charge in [-0.15, -0.1) is 11.3 Å². The van der Waals surface area contributed by atoms with Gasteiger partial charge in [-0.1, -0.05) is 0 Å². The van der Waals surface area contributed by atoms with E-state index in [0.717, 1.165) is 4.47 Å². The monoisotopic (exact) mass is 290 g/mol. The highest BCUT2D eigenvalue weighted by Gasteiger charge is 2.18. The molecule has 0 amide bonds. The molecule has 0 atom stereocenters. The maximum atomic E-state index is 11.8. The minimum Gasteiger partial charge on any atom is -0.452 e. The maximum absolute atomic E-state index is 11.8. The van der Waals surface area contributed by atoms with Crippen LogP contribution in [0.3, 0.4) is 0 Å². The van der Waals surface area contributed by atoms with Gasteiger partial charge in [0.1, 0.15) is 0 Å². The largest absolute Gasteiger partial charge is 0.452 e. The molecule has 2 nitrogen and oxygen atoms in total. The first-order chi connectivity index (χ1) is 6.70. The van der Waals surface area contributed by atoms with E-state index >= 15 is 0 Å². The molecule has 2 rings (SSSR count). The van der Waals surface area contributed by atoms with Crippen molar-refractivity contribution in [3.05, 3.63) is 43.9 Å². The quantitative estimate of drug-likeness (QED) is 0.783. The zero-order valence-corrected chi connectivity index (χ0v) is 9.95. The Morgan fingerprint density at radius 1 is 1.50 bits per heavy atom. The summed E-state index contributed by atoms with van der Waals surface area (Å²) in [5, 5.41) is 1.97. The Labute approximate surface area is 97.6 Å². The normalized spacial score (nSPS) is 10.4. The van der Waals surface area contributed by atoms with Crippen LogP contribution in [0, 0.1) is 0 Å². The first-order valence-electron chi connectivity index (χ1n) is 3.71. The lowest BCUT2D eigenvalue weighted by atomic mass is 10.2. The summed E-state index contributed by atoms with van der Waals surface area (Å²) in [6, 6.07) is 3.39. The molecule has 72 valence electrons. The predicted octanol–water partition coefficient (Wildman–Crippen LogP) is 3.99. The summed E-state index contributed by atoms with van der Waals surface area (Å²) in [4.78, 5) is 12.5. The molecule has 2 heterocycles. The number of thiophene rings is 1. The number of rotatable bonds is 2. The Morgan fingerprint density at radius 3 is 2.79 bits per heavy atom. The van der Waals surface area contributed by atoms with E-state index in [1.165, 1.54) is 17.6 Å². The molecule has 0 unspecified atom stereocenters. The van der Waals surface area contributed by atoms with Gasteiger partial charge in [-0.25, -0.2) is 0 Å². The molecule has 2 aromatic heterocycles. The molecule has 0 aliphatic rings. The zero-order chi connectivity index (χ0) is 10.1. The van der Waals surface area contributed by atoms with E-state index in [-0.39, 0.29) is 11.0 Å². The van der Waals surface area contributed by atoms with Crippen LogP contribution >= 0.6 is 38.9 Å². The van der Waals surface area contributed by atoms with Crippen molar-refractivity contribution in [3.63, 3.8) is 0 Å². The van der Waals surface area contributed by atoms with E-state index in [9.17, 15) is 4.79 Å². The standard InChI is InChI=1S/C9H4BrClO2S/c10-6-2-4-14-8(6)7(12)5-1-3-13-9(5)11/h1-4H. The molecule has 0 aliphatic heterocycles. The predicted molar refractivity (Wildman–Crippen MR) is 59.2 cm³/mol. The van der Waals surface area contributed by atoms with Crippen molar-refractivity contribution in [3.8, 4) is 0 Å². The van der Waals surface area contributed by atoms with Gasteiger partial charge in [-0.05, 0) is 45.0 Å². The first-order valence-corrected chi connectivity index (χ1v) is 5.76. The van der Waals surface area contributed by atoms with E-state index in [4.69, 9.17) is 16.0 Å². The Balaban J connectivity index is 2.44. The molecule has 0 spiro atoms. The lowest BCUT2D eigenvalue weighted by Gasteiger charge is -1.94. The second-order valence-electron chi connectivity index (χ2n) is 2.53. The second kappa shape index (κ2) is 3.88. The summed E-state index contributed by atoms with van der Waals surface area (Å²) in [6.45, 7) is 0. The van der Waals surface area contributed by atoms with Gasteiger partial charge in [0.25, 0.3) is 0 Å². The highest BCUT2D eigenvalue weighted by atomic mass is 79.9. The van der Waals surface area contributed by atoms with Crippen LogP contribution in [-0.2, 0) is 0 Å². The van der Waals surface area contributed by atoms with Gasteiger partial charge in [0.2, 0.25) is 11.0 Å². The lowest BCUT2D eigenvalue weighted by molar-refractivity contribution is 0.104. The Hall–Kier alpha value is -0.580. The summed E-state index contributed by atoms with van der Waals surface area (Å²) in [5.41, 5.74) is 0.398. The molecule has 14 heavy (non-hydrogen) atoms. The van der Waals surface area contributed by atoms with Gasteiger partial charge >= 0.3 is 0 Å². The number of halogens is 2. The molecule has 0 aromatic carbocycles. The smallest absolute Gasteiger partial charge is 0.208 e. The van der Waals surface area contributed by atoms with Gasteiger partial charge in [-0.3, -0.25) is 4.79 Å². The summed E-state index contributed by atoms with van der Waals surface area (Å²) in [7, 11) is 0. The molecule has 0 radical (unpaired) electrons. The lowest BCUT2D eigenvalue weighted by Crippen LogP contribution is -1.97. The topological polar surface area (TPSA) is 30.2 Å². The summed E-state index contributed by atoms with van der Waals surface area (Å²) < 4.78 is 5.64. The Bertz CT molecular complexity index is 432. The molecule has 0 bridgehead atoms. The summed E-state index contributed by atoms with van der Waals surface area (Å²) >= 11 is 10.4. The fourth-order valence-electron chi connectivity index (χ4n) is 1.03. The van der Waals surface area contributed by atoms with E-state index < -0.39 is 0 Å². The van der Waals surface area contributed by atoms with E-state index in [0.29, 0.717) is 10.4 Å². The summed E-state index contributed by atoms with van der Waals surface area (Å²) in [6.07, 6.45) is 1.40. The van der Waals surface area contributed by atoms with Crippen LogP contribution in [0.2, 0.25) is 5.22 Å². The molecule has 2 aromatic rings. The molecular formula is C9H4BrClO2S. The van der Waals surface area contributed by atoms with Crippen LogP contribution in [0.25, 0.3) is 0 Å². The third-order valence-electron chi connectivity index (χ3n) is 1.69. The van der Waals surface area contributed by atoms with E-state index in [2.05, 4.69) is 15.9 Å². The van der Waals surface area contributed by atoms with Gasteiger partial charge in [-0.2, -0.15) is 0 Å². The molecule has 0 fully saturated rings. The van der Waals surface area contributed by atoms with E-state index in [1.54, 1.807) is 6.07 Å². The van der Waals surface area contributed by atoms with Gasteiger partial charge in [0.15, 0.2) is 0 Å². The fourth-order valence-corrected chi connectivity index (χ4v) is 2.74. The van der Waals surface area contributed by atoms with Crippen LogP contribution in [0.5, 0.6) is 0 Å². The molecule has 0 N–H and O–H groups in total. The Morgan fingerprint density at radius 2 is 2.29 bits per heavy atom. The minimum absolute atomic E-state index is 0.120. The molecule has 5 heteroatoms. The fraction of sp³-hybridized carbons (Fsp3) is 0. The molecular weight excluding hydrogens is 288 g/mol. The SMILES string of the molecule is O=C(c1ccoc1Cl)c1sccc1Br. The van der Waals surface area contributed by atoms with Crippen LogP contribution < -0.4 is 0 Å². The summed E-state index contributed by atoms with van der Waals surface area (Å²) in [5.74, 6) is -0.120. The molecule has 0 aliphatic carbocycles. The molecule has 0 saturated carbocycles. The third-order valence-corrected chi connectivity index (χ3v) is 3.82. The van der Waals surface area contributed by atoms with Gasteiger partial charge < -0.3 is 4.42 Å². The maximum Gasteiger partial charge on any atom is 0.208 e. The molecule has 0 saturated heterocycles. The van der Waals surface area contributed by atoms with Crippen LogP contribution in [-0.4, -0.2) is 5.78 Å². The van der Waals surface area contributed by atoms with Crippen molar-refractivity contribution in [2.24, 2.45) is 0 Å². The Kier molecular flexibility index (Phi) is 2.76. The van der Waals surface area contributed by atoms with Crippen molar-refractivity contribution in [2.75, 3.05) is 0 Å². The zero-order valence-electron chi connectivity index (χ0n) is 6.79. The van der Waals surface area contributed by atoms with Gasteiger partial charge in [0.05, 0.1) is 16.7 Å². The van der Waals surface area contributed by atoms with Crippen molar-refractivity contribution in [2.45, 2.75) is 0 Å². The van der Waals surface area contributed by atoms with Crippen LogP contribution in [0.1, 0.15) is 15.2 Å². The highest BCUT2D eigenvalue weighted by molar-refractivity contribution is 9.10. The van der Waals surface area contributed by atoms with Crippen molar-refractivity contribution in [1.82, 2.24) is 0 Å². The number of ketones is 1. The van der Waals surface area contributed by atoms with Crippen molar-refractivity contribution >= 4 is 44.7 Å². The first kappa shape index (κ1) is 9.96. The third kappa shape index (κ3) is 1.65. The average Bonchev–Trinajstić information content (AvgIpc) is 2.73. The van der Waals surface area contributed by atoms with E-state index in [1.807, 2.05) is 11.4 Å². The number of furan rings is 1.